The number of benzene rings is 1. The Morgan fingerprint density at radius 2 is 1.90 bits per heavy atom. The van der Waals surface area contributed by atoms with E-state index in [9.17, 15) is 4.79 Å². The Bertz CT molecular complexity index is 442. The summed E-state index contributed by atoms with van der Waals surface area (Å²) in [4.78, 5) is 12.3. The number of halogens is 1. The highest BCUT2D eigenvalue weighted by Crippen LogP contribution is 2.26. The Balaban J connectivity index is 2.79. The second-order valence-corrected chi connectivity index (χ2v) is 5.71. The fourth-order valence-electron chi connectivity index (χ4n) is 2.41. The molecule has 1 amide bonds. The zero-order chi connectivity index (χ0) is 15.7. The summed E-state index contributed by atoms with van der Waals surface area (Å²) >= 11 is 3.46. The van der Waals surface area contributed by atoms with Gasteiger partial charge in [-0.25, -0.2) is 0 Å². The number of anilines is 1. The first-order valence-electron chi connectivity index (χ1n) is 7.78. The van der Waals surface area contributed by atoms with E-state index in [2.05, 4.69) is 35.1 Å². The summed E-state index contributed by atoms with van der Waals surface area (Å²) < 4.78 is 5.57. The van der Waals surface area contributed by atoms with E-state index in [0.29, 0.717) is 11.9 Å². The summed E-state index contributed by atoms with van der Waals surface area (Å²) in [5, 5.41) is 3.75. The topological polar surface area (TPSA) is 38.3 Å². The third kappa shape index (κ3) is 5.70. The molecule has 0 fully saturated rings. The minimum absolute atomic E-state index is 0.110. The van der Waals surface area contributed by atoms with Gasteiger partial charge in [0.25, 0.3) is 0 Å². The molecule has 3 nitrogen and oxygen atoms in total. The Morgan fingerprint density at radius 3 is 2.43 bits per heavy atom. The maximum atomic E-state index is 12.3. The van der Waals surface area contributed by atoms with Crippen LogP contribution in [0.3, 0.4) is 0 Å². The van der Waals surface area contributed by atoms with Crippen molar-refractivity contribution in [2.75, 3.05) is 11.9 Å². The lowest BCUT2D eigenvalue weighted by Gasteiger charge is -2.16. The fourth-order valence-corrected chi connectivity index (χ4v) is 2.84. The predicted octanol–water partition coefficient (Wildman–Crippen LogP) is 5.14. The standard InChI is InChI=1S/C17H26BrNO2/c1-4-7-13(8-5-2)17(20)19-15-9-10-16(21-6-3)14(11-15)12-18/h9-11,13H,4-8,12H2,1-3H3,(H,19,20). The number of amides is 1. The van der Waals surface area contributed by atoms with Gasteiger partial charge in [-0.2, -0.15) is 0 Å². The average molecular weight is 356 g/mol. The quantitative estimate of drug-likeness (QED) is 0.623. The third-order valence-electron chi connectivity index (χ3n) is 3.42. The summed E-state index contributed by atoms with van der Waals surface area (Å²) in [7, 11) is 0. The van der Waals surface area contributed by atoms with Gasteiger partial charge in [0.15, 0.2) is 0 Å². The fraction of sp³-hybridized carbons (Fsp3) is 0.588. The van der Waals surface area contributed by atoms with Crippen LogP contribution in [0, 0.1) is 5.92 Å². The minimum Gasteiger partial charge on any atom is -0.494 e. The van der Waals surface area contributed by atoms with E-state index in [1.165, 1.54) is 0 Å². The highest BCUT2D eigenvalue weighted by atomic mass is 79.9. The van der Waals surface area contributed by atoms with Gasteiger partial charge in [-0.05, 0) is 38.0 Å². The van der Waals surface area contributed by atoms with Gasteiger partial charge in [0, 0.05) is 22.5 Å². The van der Waals surface area contributed by atoms with Crippen LogP contribution in [-0.2, 0) is 10.1 Å². The van der Waals surface area contributed by atoms with E-state index in [1.54, 1.807) is 0 Å². The molecule has 0 unspecified atom stereocenters. The molecule has 0 aromatic heterocycles. The number of hydrogen-bond donors (Lipinski definition) is 1. The van der Waals surface area contributed by atoms with Crippen LogP contribution in [0.5, 0.6) is 5.75 Å². The lowest BCUT2D eigenvalue weighted by Crippen LogP contribution is -2.22. The number of carbonyl (C=O) groups excluding carboxylic acids is 1. The Labute approximate surface area is 136 Å². The Kier molecular flexibility index (Phi) is 8.43. The van der Waals surface area contributed by atoms with Gasteiger partial charge < -0.3 is 10.1 Å². The smallest absolute Gasteiger partial charge is 0.227 e. The second kappa shape index (κ2) is 9.82. The molecule has 1 aromatic rings. The molecular weight excluding hydrogens is 330 g/mol. The van der Waals surface area contributed by atoms with Crippen LogP contribution in [0.2, 0.25) is 0 Å². The van der Waals surface area contributed by atoms with Crippen molar-refractivity contribution in [3.63, 3.8) is 0 Å². The number of carbonyl (C=O) groups is 1. The molecule has 0 heterocycles. The van der Waals surface area contributed by atoms with Crippen LogP contribution >= 0.6 is 15.9 Å². The summed E-state index contributed by atoms with van der Waals surface area (Å²) in [6, 6.07) is 5.81. The number of ether oxygens (including phenoxy) is 1. The summed E-state index contributed by atoms with van der Waals surface area (Å²) in [6.07, 6.45) is 3.96. The summed E-state index contributed by atoms with van der Waals surface area (Å²) in [5.41, 5.74) is 1.90. The van der Waals surface area contributed by atoms with Crippen LogP contribution in [0.1, 0.15) is 52.0 Å². The average Bonchev–Trinajstić information content (AvgIpc) is 2.48. The molecule has 0 atom stereocenters. The Hall–Kier alpha value is -1.03. The molecule has 0 aliphatic carbocycles. The molecule has 4 heteroatoms. The van der Waals surface area contributed by atoms with Crippen LogP contribution in [0.4, 0.5) is 5.69 Å². The summed E-state index contributed by atoms with van der Waals surface area (Å²) in [5.74, 6) is 1.11. The zero-order valence-electron chi connectivity index (χ0n) is 13.2. The highest BCUT2D eigenvalue weighted by molar-refractivity contribution is 9.08. The van der Waals surface area contributed by atoms with Gasteiger partial charge in [0.05, 0.1) is 6.61 Å². The van der Waals surface area contributed by atoms with E-state index >= 15 is 0 Å². The van der Waals surface area contributed by atoms with Crippen molar-refractivity contribution in [3.05, 3.63) is 23.8 Å². The molecule has 1 N–H and O–H groups in total. The van der Waals surface area contributed by atoms with Crippen molar-refractivity contribution in [3.8, 4) is 5.75 Å². The van der Waals surface area contributed by atoms with Gasteiger partial charge in [0.1, 0.15) is 5.75 Å². The molecule has 0 aliphatic rings. The molecule has 1 aromatic carbocycles. The first kappa shape index (κ1) is 18.0. The molecule has 0 aliphatic heterocycles. The van der Waals surface area contributed by atoms with Crippen molar-refractivity contribution in [2.45, 2.75) is 51.8 Å². The maximum absolute atomic E-state index is 12.3. The van der Waals surface area contributed by atoms with Gasteiger partial charge in [-0.3, -0.25) is 4.79 Å². The molecule has 21 heavy (non-hydrogen) atoms. The van der Waals surface area contributed by atoms with E-state index in [1.807, 2.05) is 25.1 Å². The molecular formula is C17H26BrNO2. The molecule has 1 rings (SSSR count). The third-order valence-corrected chi connectivity index (χ3v) is 4.02. The van der Waals surface area contributed by atoms with E-state index in [0.717, 1.165) is 42.7 Å². The zero-order valence-corrected chi connectivity index (χ0v) is 14.8. The van der Waals surface area contributed by atoms with E-state index in [4.69, 9.17) is 4.74 Å². The predicted molar refractivity (Wildman–Crippen MR) is 92.2 cm³/mol. The second-order valence-electron chi connectivity index (χ2n) is 5.15. The maximum Gasteiger partial charge on any atom is 0.227 e. The molecule has 118 valence electrons. The molecule has 0 spiro atoms. The largest absolute Gasteiger partial charge is 0.494 e. The lowest BCUT2D eigenvalue weighted by molar-refractivity contribution is -0.120. The van der Waals surface area contributed by atoms with E-state index < -0.39 is 0 Å². The van der Waals surface area contributed by atoms with Crippen molar-refractivity contribution >= 4 is 27.5 Å². The normalized spacial score (nSPS) is 10.7. The number of alkyl halides is 1. The first-order valence-corrected chi connectivity index (χ1v) is 8.90. The van der Waals surface area contributed by atoms with Crippen molar-refractivity contribution in [1.82, 2.24) is 0 Å². The van der Waals surface area contributed by atoms with Crippen molar-refractivity contribution in [1.29, 1.82) is 0 Å². The SMILES string of the molecule is CCCC(CCC)C(=O)Nc1ccc(OCC)c(CBr)c1. The van der Waals surface area contributed by atoms with Crippen molar-refractivity contribution in [2.24, 2.45) is 5.92 Å². The summed E-state index contributed by atoms with van der Waals surface area (Å²) in [6.45, 7) is 6.85. The van der Waals surface area contributed by atoms with Gasteiger partial charge in [-0.1, -0.05) is 42.6 Å². The van der Waals surface area contributed by atoms with Crippen LogP contribution < -0.4 is 10.1 Å². The van der Waals surface area contributed by atoms with Gasteiger partial charge in [-0.15, -0.1) is 0 Å². The van der Waals surface area contributed by atoms with Crippen LogP contribution in [0.25, 0.3) is 0 Å². The van der Waals surface area contributed by atoms with Gasteiger partial charge >= 0.3 is 0 Å². The minimum atomic E-state index is 0.110. The van der Waals surface area contributed by atoms with E-state index in [-0.39, 0.29) is 11.8 Å². The first-order chi connectivity index (χ1) is 10.2. The molecule has 0 saturated carbocycles. The van der Waals surface area contributed by atoms with Gasteiger partial charge in [0.2, 0.25) is 5.91 Å². The van der Waals surface area contributed by atoms with Crippen LogP contribution in [0.15, 0.2) is 18.2 Å². The Morgan fingerprint density at radius 1 is 1.24 bits per heavy atom. The monoisotopic (exact) mass is 355 g/mol. The number of rotatable bonds is 9. The number of hydrogen-bond acceptors (Lipinski definition) is 2. The molecule has 0 radical (unpaired) electrons. The molecule has 0 bridgehead atoms. The number of nitrogens with one attached hydrogen (secondary N) is 1. The molecule has 0 saturated heterocycles. The van der Waals surface area contributed by atoms with Crippen molar-refractivity contribution < 1.29 is 9.53 Å². The lowest BCUT2D eigenvalue weighted by atomic mass is 9.97. The van der Waals surface area contributed by atoms with Crippen LogP contribution in [-0.4, -0.2) is 12.5 Å². The highest BCUT2D eigenvalue weighted by Gasteiger charge is 2.17.